The van der Waals surface area contributed by atoms with Crippen LogP contribution < -0.4 is 10.6 Å². The number of hydrogen-bond donors (Lipinski definition) is 2. The van der Waals surface area contributed by atoms with Crippen LogP contribution in [0.5, 0.6) is 0 Å². The van der Waals surface area contributed by atoms with Gasteiger partial charge in [0.2, 0.25) is 11.8 Å². The smallest absolute Gasteiger partial charge is 0.417 e. The molecule has 122 valence electrons. The fourth-order valence-corrected chi connectivity index (χ4v) is 1.04. The molecule has 0 saturated heterocycles. The fourth-order valence-electron chi connectivity index (χ4n) is 1.04. The van der Waals surface area contributed by atoms with Gasteiger partial charge in [-0.25, -0.2) is 9.59 Å². The molecule has 0 aromatic rings. The van der Waals surface area contributed by atoms with Crippen LogP contribution in [0.3, 0.4) is 0 Å². The van der Waals surface area contributed by atoms with E-state index in [1.807, 2.05) is 0 Å². The first-order valence-corrected chi connectivity index (χ1v) is 6.47. The minimum Gasteiger partial charge on any atom is -0.455 e. The highest BCUT2D eigenvalue weighted by Crippen LogP contribution is 1.88. The van der Waals surface area contributed by atoms with Gasteiger partial charge in [-0.2, -0.15) is 0 Å². The normalized spacial score (nSPS) is 9.36. The summed E-state index contributed by atoms with van der Waals surface area (Å²) >= 11 is 0. The molecule has 8 heteroatoms. The van der Waals surface area contributed by atoms with Gasteiger partial charge in [0.25, 0.3) is 0 Å². The summed E-state index contributed by atoms with van der Waals surface area (Å²) in [5.74, 6) is -3.08. The average Bonchev–Trinajstić information content (AvgIpc) is 2.46. The number of carbonyl (C=O) groups is 4. The molecule has 0 radical (unpaired) electrons. The van der Waals surface area contributed by atoms with Crippen LogP contribution in [0.1, 0.15) is 13.8 Å². The Morgan fingerprint density at radius 1 is 0.773 bits per heavy atom. The van der Waals surface area contributed by atoms with Crippen molar-refractivity contribution in [1.29, 1.82) is 0 Å². The van der Waals surface area contributed by atoms with E-state index >= 15 is 0 Å². The molecule has 0 aromatic heterocycles. The number of nitrogens with one attached hydrogen (secondary N) is 2. The van der Waals surface area contributed by atoms with E-state index in [2.05, 4.69) is 33.3 Å². The van der Waals surface area contributed by atoms with Crippen LogP contribution in [0.15, 0.2) is 24.3 Å². The number of amides is 2. The monoisotopic (exact) mass is 312 g/mol. The van der Waals surface area contributed by atoms with E-state index in [0.29, 0.717) is 11.1 Å². The molecule has 22 heavy (non-hydrogen) atoms. The van der Waals surface area contributed by atoms with Gasteiger partial charge in [-0.3, -0.25) is 9.59 Å². The molecule has 0 saturated carbocycles. The van der Waals surface area contributed by atoms with Crippen molar-refractivity contribution in [3.8, 4) is 0 Å². The first-order chi connectivity index (χ1) is 10.3. The first-order valence-electron chi connectivity index (χ1n) is 6.47. The van der Waals surface area contributed by atoms with Gasteiger partial charge in [-0.1, -0.05) is 13.2 Å². The third-order valence-electron chi connectivity index (χ3n) is 2.18. The molecule has 0 fully saturated rings. The summed E-state index contributed by atoms with van der Waals surface area (Å²) in [4.78, 5) is 44.7. The zero-order chi connectivity index (χ0) is 17.1. The molecular weight excluding hydrogens is 292 g/mol. The maximum atomic E-state index is 11.2. The van der Waals surface area contributed by atoms with Gasteiger partial charge in [0.1, 0.15) is 13.2 Å². The zero-order valence-corrected chi connectivity index (χ0v) is 12.7. The second kappa shape index (κ2) is 10.1. The van der Waals surface area contributed by atoms with Crippen LogP contribution in [0.4, 0.5) is 0 Å². The highest BCUT2D eigenvalue weighted by atomic mass is 16.6. The summed E-state index contributed by atoms with van der Waals surface area (Å²) in [5.41, 5.74) is 0.644. The minimum atomic E-state index is -1.17. The molecule has 0 atom stereocenters. The van der Waals surface area contributed by atoms with Crippen molar-refractivity contribution in [2.24, 2.45) is 0 Å². The number of ether oxygens (including phenoxy) is 2. The molecule has 0 rings (SSSR count). The van der Waals surface area contributed by atoms with Gasteiger partial charge in [0, 0.05) is 11.1 Å². The molecule has 2 amide bonds. The average molecular weight is 312 g/mol. The van der Waals surface area contributed by atoms with Crippen LogP contribution in [-0.4, -0.2) is 50.1 Å². The Bertz CT molecular complexity index is 440. The summed E-state index contributed by atoms with van der Waals surface area (Å²) in [5, 5.41) is 4.86. The van der Waals surface area contributed by atoms with Crippen molar-refractivity contribution in [3.05, 3.63) is 24.3 Å². The van der Waals surface area contributed by atoms with Gasteiger partial charge < -0.3 is 20.1 Å². The van der Waals surface area contributed by atoms with Crippen molar-refractivity contribution < 1.29 is 28.7 Å². The maximum Gasteiger partial charge on any atom is 0.417 e. The Balaban J connectivity index is 3.78. The van der Waals surface area contributed by atoms with E-state index in [9.17, 15) is 19.2 Å². The molecule has 8 nitrogen and oxygen atoms in total. The summed E-state index contributed by atoms with van der Waals surface area (Å²) < 4.78 is 9.18. The largest absolute Gasteiger partial charge is 0.455 e. The van der Waals surface area contributed by atoms with Gasteiger partial charge in [-0.05, 0) is 13.8 Å². The summed E-state index contributed by atoms with van der Waals surface area (Å²) in [6.07, 6.45) is 0. The Labute approximate surface area is 128 Å². The molecule has 2 N–H and O–H groups in total. The molecule has 0 unspecified atom stereocenters. The highest BCUT2D eigenvalue weighted by Gasteiger charge is 2.17. The number of carbonyl (C=O) groups excluding carboxylic acids is 4. The fraction of sp³-hybridized carbons (Fsp3) is 0.429. The molecular formula is C14H20N2O6. The van der Waals surface area contributed by atoms with Crippen LogP contribution in [0, 0.1) is 0 Å². The molecule has 0 bridgehead atoms. The third kappa shape index (κ3) is 8.51. The van der Waals surface area contributed by atoms with Gasteiger partial charge in [0.05, 0.1) is 13.1 Å². The van der Waals surface area contributed by atoms with Crippen LogP contribution in [0.25, 0.3) is 0 Å². The molecule has 0 spiro atoms. The number of rotatable bonds is 8. The lowest BCUT2D eigenvalue weighted by Gasteiger charge is -2.07. The van der Waals surface area contributed by atoms with Gasteiger partial charge in [0.15, 0.2) is 0 Å². The maximum absolute atomic E-state index is 11.2. The summed E-state index contributed by atoms with van der Waals surface area (Å²) in [7, 11) is 0. The van der Waals surface area contributed by atoms with Gasteiger partial charge >= 0.3 is 11.9 Å². The van der Waals surface area contributed by atoms with E-state index in [0.717, 1.165) is 0 Å². The van der Waals surface area contributed by atoms with Crippen LogP contribution >= 0.6 is 0 Å². The lowest BCUT2D eigenvalue weighted by molar-refractivity contribution is -0.167. The number of hydrogen-bond acceptors (Lipinski definition) is 6. The Kier molecular flexibility index (Phi) is 8.92. The Hall–Kier alpha value is -2.64. The summed E-state index contributed by atoms with van der Waals surface area (Å²) in [6, 6.07) is 0. The van der Waals surface area contributed by atoms with E-state index < -0.39 is 11.9 Å². The van der Waals surface area contributed by atoms with Crippen molar-refractivity contribution in [3.63, 3.8) is 0 Å². The predicted octanol–water partition coefficient (Wildman–Crippen LogP) is -0.543. The van der Waals surface area contributed by atoms with Crippen molar-refractivity contribution in [2.45, 2.75) is 13.8 Å². The second-order valence-corrected chi connectivity index (χ2v) is 4.34. The molecule has 0 aliphatic heterocycles. The quantitative estimate of drug-likeness (QED) is 0.269. The highest BCUT2D eigenvalue weighted by molar-refractivity contribution is 6.29. The molecule has 0 aliphatic carbocycles. The molecule has 0 aromatic carbocycles. The van der Waals surface area contributed by atoms with Crippen LogP contribution in [0.2, 0.25) is 0 Å². The van der Waals surface area contributed by atoms with E-state index in [1.54, 1.807) is 0 Å². The molecule has 0 aliphatic rings. The third-order valence-corrected chi connectivity index (χ3v) is 2.18. The van der Waals surface area contributed by atoms with E-state index in [1.165, 1.54) is 13.8 Å². The van der Waals surface area contributed by atoms with Gasteiger partial charge in [-0.15, -0.1) is 0 Å². The minimum absolute atomic E-state index is 0.0549. The molecule has 0 heterocycles. The van der Waals surface area contributed by atoms with Crippen molar-refractivity contribution in [2.75, 3.05) is 26.3 Å². The lowest BCUT2D eigenvalue weighted by atomic mass is 10.3. The summed E-state index contributed by atoms with van der Waals surface area (Å²) in [6.45, 7) is 9.71. The SMILES string of the molecule is C=C(C)C(=O)NCCOC(=O)C(=O)OCCNC(=O)C(=C)C. The second-order valence-electron chi connectivity index (χ2n) is 4.34. The van der Waals surface area contributed by atoms with Crippen molar-refractivity contribution in [1.82, 2.24) is 10.6 Å². The van der Waals surface area contributed by atoms with E-state index in [-0.39, 0.29) is 38.1 Å². The van der Waals surface area contributed by atoms with Crippen LogP contribution in [-0.2, 0) is 28.7 Å². The van der Waals surface area contributed by atoms with Crippen molar-refractivity contribution >= 4 is 23.8 Å². The predicted molar refractivity (Wildman–Crippen MR) is 77.6 cm³/mol. The number of esters is 2. The Morgan fingerprint density at radius 3 is 1.36 bits per heavy atom. The lowest BCUT2D eigenvalue weighted by Crippen LogP contribution is -2.32. The topological polar surface area (TPSA) is 111 Å². The standard InChI is InChI=1S/C14H20N2O6/c1-9(2)11(17)15-5-7-21-13(19)14(20)22-8-6-16-12(18)10(3)4/h1,3,5-8H2,2,4H3,(H,15,17)(H,16,18). The first kappa shape index (κ1) is 19.4. The van der Waals surface area contributed by atoms with E-state index in [4.69, 9.17) is 0 Å². The zero-order valence-electron chi connectivity index (χ0n) is 12.7. The Morgan fingerprint density at radius 2 is 1.09 bits per heavy atom.